The zero-order valence-corrected chi connectivity index (χ0v) is 13.4. The Morgan fingerprint density at radius 2 is 1.92 bits per heavy atom. The molecule has 0 aliphatic carbocycles. The normalized spacial score (nSPS) is 11.6. The number of aromatic nitrogens is 2. The Bertz CT molecular complexity index is 754. The van der Waals surface area contributed by atoms with Crippen LogP contribution < -0.4 is 16.4 Å². The van der Waals surface area contributed by atoms with Crippen LogP contribution in [-0.2, 0) is 16.6 Å². The van der Waals surface area contributed by atoms with Gasteiger partial charge < -0.3 is 16.4 Å². The van der Waals surface area contributed by atoms with Crippen LogP contribution >= 0.6 is 0 Å². The predicted molar refractivity (Wildman–Crippen MR) is 87.8 cm³/mol. The number of carbonyl (C=O) groups excluding carboxylic acids is 3. The van der Waals surface area contributed by atoms with Crippen molar-refractivity contribution >= 4 is 17.7 Å². The second-order valence-corrected chi connectivity index (χ2v) is 5.22. The molecule has 4 N–H and O–H groups in total. The lowest BCUT2D eigenvalue weighted by molar-refractivity contribution is -0.126. The van der Waals surface area contributed by atoms with E-state index in [2.05, 4.69) is 15.7 Å². The molecule has 0 unspecified atom stereocenters. The summed E-state index contributed by atoms with van der Waals surface area (Å²) >= 11 is 0. The van der Waals surface area contributed by atoms with Crippen molar-refractivity contribution in [2.24, 2.45) is 12.8 Å². The predicted octanol–water partition coefficient (Wildman–Crippen LogP) is -0.193. The van der Waals surface area contributed by atoms with Crippen LogP contribution in [0.1, 0.15) is 16.9 Å². The Morgan fingerprint density at radius 1 is 1.25 bits per heavy atom. The third kappa shape index (κ3) is 3.97. The Labute approximate surface area is 139 Å². The van der Waals surface area contributed by atoms with Crippen LogP contribution in [0.5, 0.6) is 0 Å². The molecule has 3 amide bonds. The highest BCUT2D eigenvalue weighted by Gasteiger charge is 2.24. The van der Waals surface area contributed by atoms with Crippen LogP contribution in [0.2, 0.25) is 0 Å². The van der Waals surface area contributed by atoms with Crippen LogP contribution in [0.15, 0.2) is 36.4 Å². The van der Waals surface area contributed by atoms with Gasteiger partial charge in [-0.05, 0) is 11.6 Å². The SMILES string of the molecule is CNC(=O)[C@H](CC(N)=O)NC(=O)c1cc(-c2ccccc2)n(C)n1. The number of hydrogen-bond donors (Lipinski definition) is 3. The number of nitrogens with zero attached hydrogens (tertiary/aromatic N) is 2. The number of hydrogen-bond acceptors (Lipinski definition) is 4. The number of carbonyl (C=O) groups is 3. The summed E-state index contributed by atoms with van der Waals surface area (Å²) in [5.41, 5.74) is 6.93. The fraction of sp³-hybridized carbons (Fsp3) is 0.250. The van der Waals surface area contributed by atoms with Gasteiger partial charge in [0.2, 0.25) is 11.8 Å². The first kappa shape index (κ1) is 17.2. The molecule has 0 aliphatic heterocycles. The van der Waals surface area contributed by atoms with E-state index in [1.807, 2.05) is 30.3 Å². The van der Waals surface area contributed by atoms with E-state index < -0.39 is 23.8 Å². The molecule has 126 valence electrons. The Hall–Kier alpha value is -3.16. The van der Waals surface area contributed by atoms with Gasteiger partial charge in [-0.15, -0.1) is 0 Å². The summed E-state index contributed by atoms with van der Waals surface area (Å²) in [5.74, 6) is -1.74. The second kappa shape index (κ2) is 7.40. The van der Waals surface area contributed by atoms with E-state index in [9.17, 15) is 14.4 Å². The standard InChI is InChI=1S/C16H19N5O3/c1-18-15(23)11(9-14(17)22)19-16(24)12-8-13(21(2)20-12)10-6-4-3-5-7-10/h3-8,11H,9H2,1-2H3,(H2,17,22)(H,18,23)(H,19,24)/t11-/m0/s1. The molecule has 1 heterocycles. The summed E-state index contributed by atoms with van der Waals surface area (Å²) < 4.78 is 1.58. The van der Waals surface area contributed by atoms with Crippen LogP contribution in [0.3, 0.4) is 0 Å². The zero-order valence-electron chi connectivity index (χ0n) is 13.4. The molecule has 0 spiro atoms. The van der Waals surface area contributed by atoms with E-state index >= 15 is 0 Å². The van der Waals surface area contributed by atoms with Crippen LogP contribution in [0, 0.1) is 0 Å². The van der Waals surface area contributed by atoms with Gasteiger partial charge in [0.1, 0.15) is 6.04 Å². The molecule has 0 fully saturated rings. The maximum atomic E-state index is 12.3. The lowest BCUT2D eigenvalue weighted by atomic mass is 10.1. The highest BCUT2D eigenvalue weighted by Crippen LogP contribution is 2.19. The number of aryl methyl sites for hydroxylation is 1. The number of likely N-dealkylation sites (N-methyl/N-ethyl adjacent to an activating group) is 1. The van der Waals surface area contributed by atoms with Crippen molar-refractivity contribution in [2.75, 3.05) is 7.05 Å². The lowest BCUT2D eigenvalue weighted by Gasteiger charge is -2.14. The monoisotopic (exact) mass is 329 g/mol. The molecule has 1 aromatic carbocycles. The maximum absolute atomic E-state index is 12.3. The molecule has 0 radical (unpaired) electrons. The molecule has 1 aromatic heterocycles. The lowest BCUT2D eigenvalue weighted by Crippen LogP contribution is -2.47. The van der Waals surface area contributed by atoms with Gasteiger partial charge in [-0.2, -0.15) is 5.10 Å². The van der Waals surface area contributed by atoms with Crippen LogP contribution in [0.25, 0.3) is 11.3 Å². The zero-order chi connectivity index (χ0) is 17.7. The highest BCUT2D eigenvalue weighted by atomic mass is 16.2. The van der Waals surface area contributed by atoms with Crippen molar-refractivity contribution in [1.29, 1.82) is 0 Å². The Balaban J connectivity index is 2.20. The van der Waals surface area contributed by atoms with Crippen molar-refractivity contribution in [3.8, 4) is 11.3 Å². The molecule has 0 saturated heterocycles. The average Bonchev–Trinajstić information content (AvgIpc) is 2.96. The molecule has 2 aromatic rings. The third-order valence-electron chi connectivity index (χ3n) is 3.46. The first-order valence-electron chi connectivity index (χ1n) is 7.32. The number of nitrogens with two attached hydrogens (primary N) is 1. The molecular formula is C16H19N5O3. The highest BCUT2D eigenvalue weighted by molar-refractivity contribution is 5.98. The maximum Gasteiger partial charge on any atom is 0.272 e. The largest absolute Gasteiger partial charge is 0.370 e. The second-order valence-electron chi connectivity index (χ2n) is 5.22. The van der Waals surface area contributed by atoms with E-state index in [0.717, 1.165) is 11.3 Å². The summed E-state index contributed by atoms with van der Waals surface area (Å²) in [5, 5.41) is 9.02. The van der Waals surface area contributed by atoms with Gasteiger partial charge in [0.15, 0.2) is 5.69 Å². The van der Waals surface area contributed by atoms with Gasteiger partial charge in [-0.1, -0.05) is 30.3 Å². The van der Waals surface area contributed by atoms with Crippen molar-refractivity contribution in [3.05, 3.63) is 42.1 Å². The van der Waals surface area contributed by atoms with Crippen molar-refractivity contribution in [2.45, 2.75) is 12.5 Å². The molecular weight excluding hydrogens is 310 g/mol. The third-order valence-corrected chi connectivity index (χ3v) is 3.46. The number of amides is 3. The fourth-order valence-corrected chi connectivity index (χ4v) is 2.27. The quantitative estimate of drug-likeness (QED) is 0.680. The van der Waals surface area contributed by atoms with Crippen LogP contribution in [-0.4, -0.2) is 40.6 Å². The first-order chi connectivity index (χ1) is 11.4. The number of primary amides is 1. The average molecular weight is 329 g/mol. The summed E-state index contributed by atoms with van der Waals surface area (Å²) in [7, 11) is 3.13. The molecule has 24 heavy (non-hydrogen) atoms. The van der Waals surface area contributed by atoms with Gasteiger partial charge in [-0.25, -0.2) is 0 Å². The van der Waals surface area contributed by atoms with Crippen LogP contribution in [0.4, 0.5) is 0 Å². The molecule has 2 rings (SSSR count). The molecule has 0 bridgehead atoms. The molecule has 8 nitrogen and oxygen atoms in total. The summed E-state index contributed by atoms with van der Waals surface area (Å²) in [4.78, 5) is 35.1. The number of benzene rings is 1. The topological polar surface area (TPSA) is 119 Å². The minimum Gasteiger partial charge on any atom is -0.370 e. The fourth-order valence-electron chi connectivity index (χ4n) is 2.27. The smallest absolute Gasteiger partial charge is 0.272 e. The number of nitrogens with one attached hydrogen (secondary N) is 2. The molecule has 1 atom stereocenters. The molecule has 0 aliphatic rings. The molecule has 8 heteroatoms. The van der Waals surface area contributed by atoms with E-state index in [0.29, 0.717) is 0 Å². The van der Waals surface area contributed by atoms with E-state index in [4.69, 9.17) is 5.73 Å². The molecule has 0 saturated carbocycles. The van der Waals surface area contributed by atoms with Gasteiger partial charge in [-0.3, -0.25) is 19.1 Å². The van der Waals surface area contributed by atoms with E-state index in [1.165, 1.54) is 7.05 Å². The van der Waals surface area contributed by atoms with Crippen molar-refractivity contribution < 1.29 is 14.4 Å². The van der Waals surface area contributed by atoms with Crippen molar-refractivity contribution in [3.63, 3.8) is 0 Å². The van der Waals surface area contributed by atoms with E-state index in [1.54, 1.807) is 17.8 Å². The van der Waals surface area contributed by atoms with Gasteiger partial charge in [0.05, 0.1) is 12.1 Å². The minimum absolute atomic E-state index is 0.148. The minimum atomic E-state index is -1.04. The van der Waals surface area contributed by atoms with E-state index in [-0.39, 0.29) is 12.1 Å². The summed E-state index contributed by atoms with van der Waals surface area (Å²) in [6.07, 6.45) is -0.288. The van der Waals surface area contributed by atoms with Gasteiger partial charge >= 0.3 is 0 Å². The summed E-state index contributed by atoms with van der Waals surface area (Å²) in [6.45, 7) is 0. The van der Waals surface area contributed by atoms with Gasteiger partial charge in [0, 0.05) is 14.1 Å². The number of rotatable bonds is 6. The Morgan fingerprint density at radius 3 is 2.50 bits per heavy atom. The van der Waals surface area contributed by atoms with Gasteiger partial charge in [0.25, 0.3) is 5.91 Å². The summed E-state index contributed by atoms with van der Waals surface area (Å²) in [6, 6.07) is 10.1. The Kier molecular flexibility index (Phi) is 5.31. The van der Waals surface area contributed by atoms with Crippen molar-refractivity contribution in [1.82, 2.24) is 20.4 Å². The first-order valence-corrected chi connectivity index (χ1v) is 7.32.